The van der Waals surface area contributed by atoms with Crippen LogP contribution < -0.4 is 5.56 Å². The highest BCUT2D eigenvalue weighted by atomic mass is 16.5. The molecule has 0 saturated carbocycles. The molecule has 2 aromatic heterocycles. The summed E-state index contributed by atoms with van der Waals surface area (Å²) in [5.41, 5.74) is 0.555. The second kappa shape index (κ2) is 6.99. The lowest BCUT2D eigenvalue weighted by Crippen LogP contribution is -2.31. The number of aromatic nitrogens is 4. The van der Waals surface area contributed by atoms with Gasteiger partial charge in [0, 0.05) is 11.8 Å². The van der Waals surface area contributed by atoms with Crippen LogP contribution in [0.2, 0.25) is 0 Å². The van der Waals surface area contributed by atoms with Gasteiger partial charge in [-0.3, -0.25) is 4.79 Å². The van der Waals surface area contributed by atoms with Gasteiger partial charge in [0.25, 0.3) is 5.56 Å². The van der Waals surface area contributed by atoms with Gasteiger partial charge in [0.05, 0.1) is 17.0 Å². The third-order valence-electron chi connectivity index (χ3n) is 5.30. The predicted molar refractivity (Wildman–Crippen MR) is 98.1 cm³/mol. The molecule has 0 spiro atoms. The largest absolute Gasteiger partial charge is 0.339 e. The van der Waals surface area contributed by atoms with E-state index in [2.05, 4.69) is 32.3 Å². The highest BCUT2D eigenvalue weighted by molar-refractivity contribution is 5.84. The van der Waals surface area contributed by atoms with Crippen molar-refractivity contribution in [2.45, 2.75) is 32.1 Å². The number of rotatable bonds is 4. The summed E-state index contributed by atoms with van der Waals surface area (Å²) in [4.78, 5) is 18.9. The van der Waals surface area contributed by atoms with Crippen LogP contribution in [0.4, 0.5) is 0 Å². The van der Waals surface area contributed by atoms with Crippen LogP contribution in [0.15, 0.2) is 33.6 Å². The first-order valence-corrected chi connectivity index (χ1v) is 9.10. The minimum absolute atomic E-state index is 0.185. The molecule has 1 N–H and O–H groups in total. The molecule has 1 atom stereocenters. The molecular formula is C19H23N5O2. The number of nitrogens with one attached hydrogen (secondary N) is 1. The van der Waals surface area contributed by atoms with Crippen molar-refractivity contribution in [1.29, 1.82) is 0 Å². The van der Waals surface area contributed by atoms with Crippen molar-refractivity contribution in [2.75, 3.05) is 20.1 Å². The van der Waals surface area contributed by atoms with Crippen molar-refractivity contribution in [2.24, 2.45) is 5.92 Å². The van der Waals surface area contributed by atoms with Gasteiger partial charge in [-0.1, -0.05) is 23.4 Å². The fraction of sp³-hybridized carbons (Fsp3) is 0.474. The molecule has 1 aromatic carbocycles. The van der Waals surface area contributed by atoms with Crippen molar-refractivity contribution >= 4 is 10.8 Å². The van der Waals surface area contributed by atoms with E-state index in [9.17, 15) is 4.79 Å². The lowest BCUT2D eigenvalue weighted by molar-refractivity contribution is 0.216. The summed E-state index contributed by atoms with van der Waals surface area (Å²) in [7, 11) is 2.16. The Kier molecular flexibility index (Phi) is 4.55. The average Bonchev–Trinajstić information content (AvgIpc) is 3.12. The Morgan fingerprint density at radius 3 is 2.77 bits per heavy atom. The smallest absolute Gasteiger partial charge is 0.272 e. The van der Waals surface area contributed by atoms with Crippen LogP contribution in [-0.4, -0.2) is 45.4 Å². The molecule has 0 radical (unpaired) electrons. The molecule has 0 aliphatic carbocycles. The normalized spacial score (nSPS) is 17.6. The van der Waals surface area contributed by atoms with Gasteiger partial charge in [0.2, 0.25) is 5.89 Å². The summed E-state index contributed by atoms with van der Waals surface area (Å²) >= 11 is 0. The number of likely N-dealkylation sites (tertiary alicyclic amines) is 1. The van der Waals surface area contributed by atoms with E-state index in [1.807, 2.05) is 25.1 Å². The van der Waals surface area contributed by atoms with E-state index < -0.39 is 0 Å². The molecule has 3 heterocycles. The van der Waals surface area contributed by atoms with Crippen LogP contribution in [-0.2, 0) is 6.42 Å². The Bertz CT molecular complexity index is 956. The molecule has 1 aliphatic rings. The SMILES string of the molecule is CC(c1nc(CC2CCN(C)CC2)no1)c1n[nH]c(=O)c2ccccc12. The van der Waals surface area contributed by atoms with Crippen LogP contribution in [0.3, 0.4) is 0 Å². The summed E-state index contributed by atoms with van der Waals surface area (Å²) in [5, 5.41) is 12.4. The van der Waals surface area contributed by atoms with Gasteiger partial charge in [-0.15, -0.1) is 0 Å². The lowest BCUT2D eigenvalue weighted by atomic mass is 9.93. The van der Waals surface area contributed by atoms with E-state index in [1.54, 1.807) is 6.07 Å². The summed E-state index contributed by atoms with van der Waals surface area (Å²) in [6.45, 7) is 4.22. The third kappa shape index (κ3) is 3.26. The van der Waals surface area contributed by atoms with E-state index in [0.29, 0.717) is 17.2 Å². The van der Waals surface area contributed by atoms with Crippen molar-refractivity contribution in [1.82, 2.24) is 25.2 Å². The van der Waals surface area contributed by atoms with Gasteiger partial charge >= 0.3 is 0 Å². The van der Waals surface area contributed by atoms with Gasteiger partial charge in [-0.2, -0.15) is 10.1 Å². The average molecular weight is 353 g/mol. The minimum atomic E-state index is -0.190. The number of hydrogen-bond donors (Lipinski definition) is 1. The van der Waals surface area contributed by atoms with Gasteiger partial charge in [-0.25, -0.2) is 5.10 Å². The van der Waals surface area contributed by atoms with Gasteiger partial charge in [0.15, 0.2) is 5.82 Å². The van der Waals surface area contributed by atoms with E-state index in [-0.39, 0.29) is 11.5 Å². The molecule has 0 bridgehead atoms. The highest BCUT2D eigenvalue weighted by Gasteiger charge is 2.23. The predicted octanol–water partition coefficient (Wildman–Crippen LogP) is 2.34. The molecule has 136 valence electrons. The maximum atomic E-state index is 12.0. The maximum absolute atomic E-state index is 12.0. The topological polar surface area (TPSA) is 87.9 Å². The number of nitrogens with zero attached hydrogens (tertiary/aromatic N) is 4. The lowest BCUT2D eigenvalue weighted by Gasteiger charge is -2.28. The maximum Gasteiger partial charge on any atom is 0.272 e. The second-order valence-electron chi connectivity index (χ2n) is 7.20. The number of aromatic amines is 1. The van der Waals surface area contributed by atoms with Crippen molar-refractivity contribution in [3.63, 3.8) is 0 Å². The van der Waals surface area contributed by atoms with Crippen LogP contribution in [0.1, 0.15) is 43.1 Å². The van der Waals surface area contributed by atoms with E-state index in [4.69, 9.17) is 4.52 Å². The zero-order valence-electron chi connectivity index (χ0n) is 15.1. The summed E-state index contributed by atoms with van der Waals surface area (Å²) in [5.74, 6) is 1.72. The highest BCUT2D eigenvalue weighted by Crippen LogP contribution is 2.27. The number of fused-ring (bicyclic) bond motifs is 1. The van der Waals surface area contributed by atoms with Gasteiger partial charge in [0.1, 0.15) is 0 Å². The first-order chi connectivity index (χ1) is 12.6. The Morgan fingerprint density at radius 2 is 2.00 bits per heavy atom. The quantitative estimate of drug-likeness (QED) is 0.774. The molecule has 3 aromatic rings. The van der Waals surface area contributed by atoms with Crippen LogP contribution in [0, 0.1) is 5.92 Å². The molecule has 26 heavy (non-hydrogen) atoms. The molecule has 1 saturated heterocycles. The molecule has 0 amide bonds. The number of benzene rings is 1. The van der Waals surface area contributed by atoms with E-state index in [0.717, 1.165) is 36.4 Å². The molecular weight excluding hydrogens is 330 g/mol. The van der Waals surface area contributed by atoms with Gasteiger partial charge < -0.3 is 9.42 Å². The summed E-state index contributed by atoms with van der Waals surface area (Å²) in [6, 6.07) is 7.45. The molecule has 1 aliphatic heterocycles. The van der Waals surface area contributed by atoms with Gasteiger partial charge in [-0.05, 0) is 51.9 Å². The fourth-order valence-electron chi connectivity index (χ4n) is 3.63. The monoisotopic (exact) mass is 353 g/mol. The third-order valence-corrected chi connectivity index (χ3v) is 5.30. The Labute approximate surface area is 151 Å². The zero-order chi connectivity index (χ0) is 18.1. The molecule has 7 nitrogen and oxygen atoms in total. The number of piperidine rings is 1. The molecule has 4 rings (SSSR count). The molecule has 7 heteroatoms. The van der Waals surface area contributed by atoms with Crippen molar-refractivity contribution < 1.29 is 4.52 Å². The number of hydrogen-bond acceptors (Lipinski definition) is 6. The summed E-state index contributed by atoms with van der Waals surface area (Å²) < 4.78 is 5.52. The molecule has 1 fully saturated rings. The van der Waals surface area contributed by atoms with E-state index >= 15 is 0 Å². The van der Waals surface area contributed by atoms with Crippen molar-refractivity contribution in [3.8, 4) is 0 Å². The van der Waals surface area contributed by atoms with Crippen LogP contribution in [0.25, 0.3) is 10.8 Å². The van der Waals surface area contributed by atoms with Crippen LogP contribution >= 0.6 is 0 Å². The number of H-pyrrole nitrogens is 1. The standard InChI is InChI=1S/C19H23N5O2/c1-12(17-14-5-3-4-6-15(14)18(25)22-21-17)19-20-16(23-26-19)11-13-7-9-24(2)10-8-13/h3-6,12-13H,7-11H2,1-2H3,(H,22,25). The Morgan fingerprint density at radius 1 is 1.27 bits per heavy atom. The first kappa shape index (κ1) is 16.9. The zero-order valence-corrected chi connectivity index (χ0v) is 15.1. The van der Waals surface area contributed by atoms with Crippen LogP contribution in [0.5, 0.6) is 0 Å². The van der Waals surface area contributed by atoms with E-state index in [1.165, 1.54) is 12.8 Å². The summed E-state index contributed by atoms with van der Waals surface area (Å²) in [6.07, 6.45) is 3.19. The fourth-order valence-corrected chi connectivity index (χ4v) is 3.63. The molecule has 1 unspecified atom stereocenters. The Hall–Kier alpha value is -2.54. The second-order valence-corrected chi connectivity index (χ2v) is 7.20. The van der Waals surface area contributed by atoms with Crippen molar-refractivity contribution in [3.05, 3.63) is 52.0 Å². The first-order valence-electron chi connectivity index (χ1n) is 9.10. The minimum Gasteiger partial charge on any atom is -0.339 e. The Balaban J connectivity index is 1.56.